The molecule has 0 aliphatic heterocycles. The van der Waals surface area contributed by atoms with Crippen LogP contribution in [0.1, 0.15) is 20.3 Å². The fraction of sp³-hybridized carbons (Fsp3) is 0.700. The Balaban J connectivity index is 3.17. The summed E-state index contributed by atoms with van der Waals surface area (Å²) in [6.45, 7) is 4.14. The first-order valence-electron chi connectivity index (χ1n) is 5.57. The summed E-state index contributed by atoms with van der Waals surface area (Å²) in [7, 11) is -2.04. The van der Waals surface area contributed by atoms with Gasteiger partial charge in [0.2, 0.25) is 0 Å². The standard InChI is InChI=1S/C10H17BrClN3O2S/c1-8(2)15(6-4-5-11)18(16,17)10-9(12)7-13-14(10)3/h7-8H,4-6H2,1-3H3. The SMILES string of the molecule is CC(C)N(CCCBr)S(=O)(=O)c1c(Cl)cnn1C. The zero-order valence-electron chi connectivity index (χ0n) is 10.6. The van der Waals surface area contributed by atoms with Crippen LogP contribution in [0, 0.1) is 0 Å². The molecule has 0 radical (unpaired) electrons. The van der Waals surface area contributed by atoms with E-state index in [0.29, 0.717) is 6.54 Å². The molecule has 0 saturated heterocycles. The number of rotatable bonds is 6. The summed E-state index contributed by atoms with van der Waals surface area (Å²) in [4.78, 5) is 0. The van der Waals surface area contributed by atoms with Crippen molar-refractivity contribution in [1.29, 1.82) is 0 Å². The highest BCUT2D eigenvalue weighted by Gasteiger charge is 2.31. The van der Waals surface area contributed by atoms with E-state index < -0.39 is 10.0 Å². The van der Waals surface area contributed by atoms with E-state index in [9.17, 15) is 8.42 Å². The Morgan fingerprint density at radius 2 is 2.17 bits per heavy atom. The van der Waals surface area contributed by atoms with Crippen molar-refractivity contribution >= 4 is 37.6 Å². The molecule has 0 atom stereocenters. The van der Waals surface area contributed by atoms with Gasteiger partial charge in [0.15, 0.2) is 5.03 Å². The van der Waals surface area contributed by atoms with Gasteiger partial charge in [-0.25, -0.2) is 8.42 Å². The predicted octanol–water partition coefficient (Wildman–Crippen LogP) is 2.26. The van der Waals surface area contributed by atoms with Gasteiger partial charge < -0.3 is 0 Å². The average molecular weight is 359 g/mol. The van der Waals surface area contributed by atoms with Gasteiger partial charge >= 0.3 is 0 Å². The molecule has 0 aliphatic carbocycles. The Bertz CT molecular complexity index is 482. The van der Waals surface area contributed by atoms with Crippen molar-refractivity contribution in [3.05, 3.63) is 11.2 Å². The fourth-order valence-corrected chi connectivity index (χ4v) is 4.21. The molecule has 0 aliphatic rings. The Kier molecular flexibility index (Phi) is 5.64. The van der Waals surface area contributed by atoms with Gasteiger partial charge in [-0.05, 0) is 20.3 Å². The van der Waals surface area contributed by atoms with Crippen LogP contribution >= 0.6 is 27.5 Å². The van der Waals surface area contributed by atoms with Gasteiger partial charge in [-0.15, -0.1) is 0 Å². The van der Waals surface area contributed by atoms with Crippen molar-refractivity contribution < 1.29 is 8.42 Å². The first-order valence-corrected chi connectivity index (χ1v) is 8.51. The number of halogens is 2. The Morgan fingerprint density at radius 3 is 2.56 bits per heavy atom. The molecule has 5 nitrogen and oxygen atoms in total. The predicted molar refractivity (Wildman–Crippen MR) is 75.7 cm³/mol. The van der Waals surface area contributed by atoms with E-state index in [0.717, 1.165) is 11.8 Å². The second-order valence-electron chi connectivity index (χ2n) is 4.17. The van der Waals surface area contributed by atoms with E-state index in [2.05, 4.69) is 21.0 Å². The summed E-state index contributed by atoms with van der Waals surface area (Å²) in [5.41, 5.74) is 0. The molecular formula is C10H17BrClN3O2S. The quantitative estimate of drug-likeness (QED) is 0.733. The molecule has 1 rings (SSSR count). The van der Waals surface area contributed by atoms with Crippen molar-refractivity contribution in [2.24, 2.45) is 7.05 Å². The summed E-state index contributed by atoms with van der Waals surface area (Å²) in [5, 5.41) is 4.83. The van der Waals surface area contributed by atoms with E-state index >= 15 is 0 Å². The molecule has 1 aromatic rings. The lowest BCUT2D eigenvalue weighted by molar-refractivity contribution is 0.351. The summed E-state index contributed by atoms with van der Waals surface area (Å²) in [5.74, 6) is 0. The molecule has 0 fully saturated rings. The lowest BCUT2D eigenvalue weighted by Crippen LogP contribution is -2.38. The molecule has 0 unspecified atom stereocenters. The maximum absolute atomic E-state index is 12.5. The van der Waals surface area contributed by atoms with Crippen LogP contribution in [0.3, 0.4) is 0 Å². The highest BCUT2D eigenvalue weighted by molar-refractivity contribution is 9.09. The van der Waals surface area contributed by atoms with E-state index in [1.54, 1.807) is 7.05 Å². The van der Waals surface area contributed by atoms with Crippen LogP contribution in [-0.2, 0) is 17.1 Å². The van der Waals surface area contributed by atoms with Crippen molar-refractivity contribution in [1.82, 2.24) is 14.1 Å². The Hall–Kier alpha value is -0.110. The summed E-state index contributed by atoms with van der Waals surface area (Å²) < 4.78 is 27.8. The van der Waals surface area contributed by atoms with Crippen molar-refractivity contribution in [3.8, 4) is 0 Å². The monoisotopic (exact) mass is 357 g/mol. The molecule has 8 heteroatoms. The Labute approximate surface area is 121 Å². The minimum Gasteiger partial charge on any atom is -0.255 e. The number of hydrogen-bond acceptors (Lipinski definition) is 3. The minimum atomic E-state index is -3.61. The van der Waals surface area contributed by atoms with E-state index in [1.807, 2.05) is 13.8 Å². The van der Waals surface area contributed by atoms with Crippen LogP contribution in [0.2, 0.25) is 5.02 Å². The average Bonchev–Trinajstić information content (AvgIpc) is 2.58. The van der Waals surface area contributed by atoms with E-state index in [-0.39, 0.29) is 16.1 Å². The van der Waals surface area contributed by atoms with Crippen molar-refractivity contribution in [2.45, 2.75) is 31.3 Å². The van der Waals surface area contributed by atoms with Crippen molar-refractivity contribution in [3.63, 3.8) is 0 Å². The molecule has 18 heavy (non-hydrogen) atoms. The molecule has 0 amide bonds. The Morgan fingerprint density at radius 1 is 1.56 bits per heavy atom. The third-order valence-electron chi connectivity index (χ3n) is 2.48. The van der Waals surface area contributed by atoms with Crippen LogP contribution < -0.4 is 0 Å². The zero-order valence-corrected chi connectivity index (χ0v) is 13.8. The van der Waals surface area contributed by atoms with Gasteiger partial charge in [0.05, 0.1) is 11.2 Å². The third-order valence-corrected chi connectivity index (χ3v) is 5.63. The number of sulfonamides is 1. The highest BCUT2D eigenvalue weighted by Crippen LogP contribution is 2.25. The summed E-state index contributed by atoms with van der Waals surface area (Å²) >= 11 is 9.22. The molecule has 0 bridgehead atoms. The zero-order chi connectivity index (χ0) is 13.9. The molecule has 0 N–H and O–H groups in total. The summed E-state index contributed by atoms with van der Waals surface area (Å²) in [6, 6.07) is -0.125. The molecule has 1 aromatic heterocycles. The molecule has 0 spiro atoms. The first kappa shape index (κ1) is 15.9. The third kappa shape index (κ3) is 3.26. The first-order chi connectivity index (χ1) is 8.32. The summed E-state index contributed by atoms with van der Waals surface area (Å²) in [6.07, 6.45) is 2.09. The highest BCUT2D eigenvalue weighted by atomic mass is 79.9. The molecule has 1 heterocycles. The van der Waals surface area contributed by atoms with Crippen LogP contribution in [0.5, 0.6) is 0 Å². The lowest BCUT2D eigenvalue weighted by Gasteiger charge is -2.25. The topological polar surface area (TPSA) is 55.2 Å². The molecule has 0 saturated carbocycles. The molecule has 0 aromatic carbocycles. The molecular weight excluding hydrogens is 342 g/mol. The van der Waals surface area contributed by atoms with E-state index in [1.165, 1.54) is 15.2 Å². The van der Waals surface area contributed by atoms with Gasteiger partial charge in [-0.2, -0.15) is 9.40 Å². The largest absolute Gasteiger partial charge is 0.261 e. The van der Waals surface area contributed by atoms with Crippen LogP contribution in [0.25, 0.3) is 0 Å². The smallest absolute Gasteiger partial charge is 0.255 e. The van der Waals surface area contributed by atoms with E-state index in [4.69, 9.17) is 11.6 Å². The number of aryl methyl sites for hydroxylation is 1. The maximum atomic E-state index is 12.5. The normalized spacial score (nSPS) is 12.6. The van der Waals surface area contributed by atoms with Gasteiger partial charge in [0.25, 0.3) is 10.0 Å². The van der Waals surface area contributed by atoms with Crippen molar-refractivity contribution in [2.75, 3.05) is 11.9 Å². The second-order valence-corrected chi connectivity index (χ2v) is 7.18. The minimum absolute atomic E-state index is 0.0486. The maximum Gasteiger partial charge on any atom is 0.261 e. The van der Waals surface area contributed by atoms with Crippen LogP contribution in [0.4, 0.5) is 0 Å². The van der Waals surface area contributed by atoms with Crippen LogP contribution in [0.15, 0.2) is 11.2 Å². The molecule has 104 valence electrons. The van der Waals surface area contributed by atoms with Crippen LogP contribution in [-0.4, -0.2) is 40.4 Å². The van der Waals surface area contributed by atoms with Gasteiger partial charge in [0.1, 0.15) is 0 Å². The number of alkyl halides is 1. The second kappa shape index (κ2) is 6.36. The van der Waals surface area contributed by atoms with Gasteiger partial charge in [-0.1, -0.05) is 27.5 Å². The van der Waals surface area contributed by atoms with Gasteiger partial charge in [0, 0.05) is 25.0 Å². The number of nitrogens with zero attached hydrogens (tertiary/aromatic N) is 3. The van der Waals surface area contributed by atoms with Gasteiger partial charge in [-0.3, -0.25) is 4.68 Å². The number of aromatic nitrogens is 2. The number of hydrogen-bond donors (Lipinski definition) is 0. The lowest BCUT2D eigenvalue weighted by atomic mass is 10.4. The fourth-order valence-electron chi connectivity index (χ4n) is 1.67.